The first-order valence-corrected chi connectivity index (χ1v) is 8.34. The third kappa shape index (κ3) is 4.89. The van der Waals surface area contributed by atoms with E-state index < -0.39 is 6.04 Å². The van der Waals surface area contributed by atoms with Gasteiger partial charge >= 0.3 is 0 Å². The van der Waals surface area contributed by atoms with Gasteiger partial charge in [0, 0.05) is 17.4 Å². The molecule has 1 atom stereocenters. The number of carbonyl (C=O) groups is 1. The van der Waals surface area contributed by atoms with Crippen LogP contribution in [0.3, 0.4) is 0 Å². The normalized spacial score (nSPS) is 11.8. The molecule has 0 aliphatic rings. The second-order valence-electron chi connectivity index (χ2n) is 6.20. The van der Waals surface area contributed by atoms with E-state index in [-0.39, 0.29) is 5.91 Å². The first-order valence-electron chi connectivity index (χ1n) is 8.34. The van der Waals surface area contributed by atoms with Crippen molar-refractivity contribution in [1.29, 1.82) is 0 Å². The molecule has 2 rings (SSSR count). The van der Waals surface area contributed by atoms with Crippen LogP contribution in [-0.2, 0) is 4.79 Å². The Bertz CT molecular complexity index is 711. The molecule has 0 aliphatic heterocycles. The lowest BCUT2D eigenvalue weighted by molar-refractivity contribution is -0.116. The quantitative estimate of drug-likeness (QED) is 0.789. The first kappa shape index (κ1) is 18.6. The molecule has 0 aromatic heterocycles. The van der Waals surface area contributed by atoms with E-state index in [9.17, 15) is 4.79 Å². The van der Waals surface area contributed by atoms with Crippen molar-refractivity contribution in [3.8, 4) is 11.5 Å². The summed E-state index contributed by atoms with van der Waals surface area (Å²) in [5, 5.41) is 6.09. The number of methoxy groups -OCH3 is 2. The molecule has 0 bridgehead atoms. The molecule has 0 spiro atoms. The molecule has 2 aromatic rings. The van der Waals surface area contributed by atoms with Gasteiger partial charge < -0.3 is 20.1 Å². The highest BCUT2D eigenvalue weighted by Gasteiger charge is 2.14. The van der Waals surface area contributed by atoms with Crippen LogP contribution in [0, 0.1) is 0 Å². The van der Waals surface area contributed by atoms with Gasteiger partial charge in [-0.15, -0.1) is 0 Å². The average Bonchev–Trinajstić information content (AvgIpc) is 2.61. The Morgan fingerprint density at radius 2 is 1.48 bits per heavy atom. The van der Waals surface area contributed by atoms with E-state index in [1.165, 1.54) is 5.56 Å². The van der Waals surface area contributed by atoms with Crippen molar-refractivity contribution < 1.29 is 14.3 Å². The van der Waals surface area contributed by atoms with Gasteiger partial charge in [-0.1, -0.05) is 26.0 Å². The fraction of sp³-hybridized carbons (Fsp3) is 0.350. The molecule has 5 heteroatoms. The molecule has 0 radical (unpaired) electrons. The standard InChI is InChI=1S/C20H26N2O3/c1-13(2)15-6-8-16(9-7-15)22-20(23)14(3)21-17-10-11-18(24-4)19(12-17)25-5/h6-14,21H,1-5H3,(H,22,23)/t14-/m1/s1. The number of anilines is 2. The number of nitrogens with one attached hydrogen (secondary N) is 2. The summed E-state index contributed by atoms with van der Waals surface area (Å²) in [6.07, 6.45) is 0. The van der Waals surface area contributed by atoms with E-state index in [2.05, 4.69) is 24.5 Å². The molecule has 0 heterocycles. The third-order valence-electron chi connectivity index (χ3n) is 4.00. The Labute approximate surface area is 149 Å². The number of amides is 1. The SMILES string of the molecule is COc1ccc(N[C@H](C)C(=O)Nc2ccc(C(C)C)cc2)cc1OC. The lowest BCUT2D eigenvalue weighted by Crippen LogP contribution is -2.31. The molecule has 2 aromatic carbocycles. The van der Waals surface area contributed by atoms with Gasteiger partial charge in [-0.3, -0.25) is 4.79 Å². The van der Waals surface area contributed by atoms with Crippen molar-refractivity contribution in [2.24, 2.45) is 0 Å². The maximum atomic E-state index is 12.4. The van der Waals surface area contributed by atoms with Crippen molar-refractivity contribution in [3.05, 3.63) is 48.0 Å². The van der Waals surface area contributed by atoms with Crippen molar-refractivity contribution >= 4 is 17.3 Å². The van der Waals surface area contributed by atoms with E-state index in [4.69, 9.17) is 9.47 Å². The van der Waals surface area contributed by atoms with Crippen LogP contribution in [0.4, 0.5) is 11.4 Å². The zero-order chi connectivity index (χ0) is 18.4. The Morgan fingerprint density at radius 1 is 0.880 bits per heavy atom. The Morgan fingerprint density at radius 3 is 2.04 bits per heavy atom. The fourth-order valence-corrected chi connectivity index (χ4v) is 2.44. The summed E-state index contributed by atoms with van der Waals surface area (Å²) in [6.45, 7) is 6.10. The van der Waals surface area contributed by atoms with Crippen LogP contribution >= 0.6 is 0 Å². The Kier molecular flexibility index (Phi) is 6.28. The highest BCUT2D eigenvalue weighted by Crippen LogP contribution is 2.30. The van der Waals surface area contributed by atoms with Crippen molar-refractivity contribution in [3.63, 3.8) is 0 Å². The monoisotopic (exact) mass is 342 g/mol. The van der Waals surface area contributed by atoms with Crippen LogP contribution in [0.15, 0.2) is 42.5 Å². The number of ether oxygens (including phenoxy) is 2. The largest absolute Gasteiger partial charge is 0.493 e. The van der Waals surface area contributed by atoms with E-state index in [0.29, 0.717) is 17.4 Å². The fourth-order valence-electron chi connectivity index (χ4n) is 2.44. The van der Waals surface area contributed by atoms with Gasteiger partial charge in [-0.05, 0) is 42.7 Å². The molecule has 0 aliphatic carbocycles. The van der Waals surface area contributed by atoms with Crippen LogP contribution in [0.1, 0.15) is 32.3 Å². The minimum Gasteiger partial charge on any atom is -0.493 e. The zero-order valence-corrected chi connectivity index (χ0v) is 15.4. The second kappa shape index (κ2) is 8.42. The van der Waals surface area contributed by atoms with Crippen molar-refractivity contribution in [2.75, 3.05) is 24.9 Å². The molecular formula is C20H26N2O3. The summed E-state index contributed by atoms with van der Waals surface area (Å²) in [5.41, 5.74) is 2.82. The summed E-state index contributed by atoms with van der Waals surface area (Å²) in [4.78, 5) is 12.4. The summed E-state index contributed by atoms with van der Waals surface area (Å²) in [5.74, 6) is 1.63. The van der Waals surface area contributed by atoms with Gasteiger partial charge in [0.1, 0.15) is 6.04 Å². The molecule has 25 heavy (non-hydrogen) atoms. The lowest BCUT2D eigenvalue weighted by Gasteiger charge is -2.17. The molecule has 0 saturated carbocycles. The van der Waals surface area contributed by atoms with Gasteiger partial charge in [-0.25, -0.2) is 0 Å². The zero-order valence-electron chi connectivity index (χ0n) is 15.4. The van der Waals surface area contributed by atoms with Gasteiger partial charge in [0.2, 0.25) is 5.91 Å². The molecule has 5 nitrogen and oxygen atoms in total. The Balaban J connectivity index is 2.00. The smallest absolute Gasteiger partial charge is 0.246 e. The van der Waals surface area contributed by atoms with E-state index in [0.717, 1.165) is 11.4 Å². The maximum absolute atomic E-state index is 12.4. The average molecular weight is 342 g/mol. The molecule has 0 fully saturated rings. The predicted octanol–water partition coefficient (Wildman–Crippen LogP) is 4.27. The summed E-state index contributed by atoms with van der Waals surface area (Å²) < 4.78 is 10.5. The third-order valence-corrected chi connectivity index (χ3v) is 4.00. The molecular weight excluding hydrogens is 316 g/mol. The highest BCUT2D eigenvalue weighted by molar-refractivity contribution is 5.96. The number of hydrogen-bond donors (Lipinski definition) is 2. The second-order valence-corrected chi connectivity index (χ2v) is 6.20. The number of rotatable bonds is 7. The number of hydrogen-bond acceptors (Lipinski definition) is 4. The van der Waals surface area contributed by atoms with E-state index in [1.807, 2.05) is 37.3 Å². The predicted molar refractivity (Wildman–Crippen MR) is 102 cm³/mol. The van der Waals surface area contributed by atoms with E-state index >= 15 is 0 Å². The summed E-state index contributed by atoms with van der Waals surface area (Å²) >= 11 is 0. The topological polar surface area (TPSA) is 59.6 Å². The van der Waals surface area contributed by atoms with Crippen LogP contribution in [0.5, 0.6) is 11.5 Å². The Hall–Kier alpha value is -2.69. The van der Waals surface area contributed by atoms with Crippen LogP contribution in [0.2, 0.25) is 0 Å². The van der Waals surface area contributed by atoms with Crippen LogP contribution in [0.25, 0.3) is 0 Å². The minimum absolute atomic E-state index is 0.105. The van der Waals surface area contributed by atoms with Gasteiger partial charge in [0.25, 0.3) is 0 Å². The van der Waals surface area contributed by atoms with Gasteiger partial charge in [0.15, 0.2) is 11.5 Å². The van der Waals surface area contributed by atoms with Crippen LogP contribution < -0.4 is 20.1 Å². The first-order chi connectivity index (χ1) is 11.9. The summed E-state index contributed by atoms with van der Waals surface area (Å²) in [6, 6.07) is 13.0. The molecule has 1 amide bonds. The molecule has 2 N–H and O–H groups in total. The van der Waals surface area contributed by atoms with E-state index in [1.54, 1.807) is 26.4 Å². The van der Waals surface area contributed by atoms with Crippen molar-refractivity contribution in [1.82, 2.24) is 0 Å². The van der Waals surface area contributed by atoms with Gasteiger partial charge in [-0.2, -0.15) is 0 Å². The lowest BCUT2D eigenvalue weighted by atomic mass is 10.0. The molecule has 0 unspecified atom stereocenters. The molecule has 134 valence electrons. The summed E-state index contributed by atoms with van der Waals surface area (Å²) in [7, 11) is 3.17. The van der Waals surface area contributed by atoms with Crippen LogP contribution in [-0.4, -0.2) is 26.2 Å². The number of carbonyl (C=O) groups excluding carboxylic acids is 1. The minimum atomic E-state index is -0.400. The molecule has 0 saturated heterocycles. The maximum Gasteiger partial charge on any atom is 0.246 e. The highest BCUT2D eigenvalue weighted by atomic mass is 16.5. The van der Waals surface area contributed by atoms with Gasteiger partial charge in [0.05, 0.1) is 14.2 Å². The number of benzene rings is 2. The van der Waals surface area contributed by atoms with Crippen molar-refractivity contribution in [2.45, 2.75) is 32.7 Å².